The Morgan fingerprint density at radius 3 is 1.55 bits per heavy atom. The number of hydrogen-bond donors (Lipinski definition) is 2. The summed E-state index contributed by atoms with van der Waals surface area (Å²) in [5.74, 6) is -2.58. The van der Waals surface area contributed by atoms with Crippen LogP contribution in [0, 0.1) is 0 Å². The van der Waals surface area contributed by atoms with Crippen molar-refractivity contribution in [3.8, 4) is 5.75 Å². The first-order chi connectivity index (χ1) is 18.4. The summed E-state index contributed by atoms with van der Waals surface area (Å²) in [7, 11) is 1.25. The van der Waals surface area contributed by atoms with Crippen LogP contribution in [0.2, 0.25) is 0 Å². The molecule has 0 aliphatic heterocycles. The largest absolute Gasteiger partial charge is 0.493 e. The molecule has 1 rings (SSSR count). The lowest BCUT2D eigenvalue weighted by Gasteiger charge is -2.22. The number of carboxylic acid groups (broad SMARTS) is 2. The first-order valence-corrected chi connectivity index (χ1v) is 14.4. The number of esters is 1. The smallest absolute Gasteiger partial charge is 0.338 e. The number of carbonyl (C=O) groups is 3. The minimum atomic E-state index is -1.18. The van der Waals surface area contributed by atoms with E-state index in [0.717, 1.165) is 19.3 Å². The van der Waals surface area contributed by atoms with E-state index in [4.69, 9.17) is 19.7 Å². The highest BCUT2D eigenvalue weighted by Crippen LogP contribution is 2.25. The Morgan fingerprint density at radius 1 is 0.684 bits per heavy atom. The summed E-state index contributed by atoms with van der Waals surface area (Å²) >= 11 is 0. The summed E-state index contributed by atoms with van der Waals surface area (Å²) in [6, 6.07) is 4.51. The van der Waals surface area contributed by atoms with E-state index < -0.39 is 31.0 Å². The van der Waals surface area contributed by atoms with Crippen LogP contribution in [0.4, 0.5) is 5.69 Å². The van der Waals surface area contributed by atoms with Crippen LogP contribution in [0.25, 0.3) is 0 Å². The Balaban J connectivity index is 2.30. The van der Waals surface area contributed by atoms with Crippen LogP contribution in [0.5, 0.6) is 5.75 Å². The molecule has 216 valence electrons. The minimum absolute atomic E-state index is 0.174. The van der Waals surface area contributed by atoms with Gasteiger partial charge in [0, 0.05) is 11.8 Å². The molecule has 0 unspecified atom stereocenters. The van der Waals surface area contributed by atoms with E-state index in [2.05, 4.69) is 6.92 Å². The van der Waals surface area contributed by atoms with Gasteiger partial charge < -0.3 is 24.6 Å². The highest BCUT2D eigenvalue weighted by atomic mass is 16.5. The fraction of sp³-hybridized carbons (Fsp3) is 0.700. The van der Waals surface area contributed by atoms with Gasteiger partial charge in [0.1, 0.15) is 18.8 Å². The molecule has 0 saturated carbocycles. The van der Waals surface area contributed by atoms with Crippen molar-refractivity contribution in [2.75, 3.05) is 31.7 Å². The van der Waals surface area contributed by atoms with Gasteiger partial charge in [-0.25, -0.2) is 4.79 Å². The van der Waals surface area contributed by atoms with Crippen LogP contribution in [0.3, 0.4) is 0 Å². The zero-order valence-corrected chi connectivity index (χ0v) is 23.5. The number of aliphatic carboxylic acids is 2. The SMILES string of the molecule is CCCCCCCCCCCCCCCCCCOc1cc(C(=O)OC)cc(N(CC(=O)O)CC(=O)O)c1. The Labute approximate surface area is 228 Å². The molecule has 1 aromatic rings. The lowest BCUT2D eigenvalue weighted by Crippen LogP contribution is -2.34. The van der Waals surface area contributed by atoms with Crippen LogP contribution in [-0.4, -0.2) is 54.9 Å². The van der Waals surface area contributed by atoms with Crippen molar-refractivity contribution in [1.29, 1.82) is 0 Å². The van der Waals surface area contributed by atoms with E-state index in [1.165, 1.54) is 108 Å². The first-order valence-electron chi connectivity index (χ1n) is 14.4. The standard InChI is InChI=1S/C30H49NO7/c1-3-4-5-6-7-8-9-10-11-12-13-14-15-16-17-18-19-38-27-21-25(30(36)37-2)20-26(22-27)31(23-28(32)33)24-29(34)35/h20-22H,3-19,23-24H2,1-2H3,(H,32,33)(H,34,35). The Kier molecular flexibility index (Phi) is 18.5. The quantitative estimate of drug-likeness (QED) is 0.107. The number of methoxy groups -OCH3 is 1. The average Bonchev–Trinajstić information content (AvgIpc) is 2.88. The molecule has 8 nitrogen and oxygen atoms in total. The molecule has 2 N–H and O–H groups in total. The fourth-order valence-corrected chi connectivity index (χ4v) is 4.49. The molecule has 0 atom stereocenters. The number of unbranched alkanes of at least 4 members (excludes halogenated alkanes) is 15. The van der Waals surface area contributed by atoms with Crippen LogP contribution in [0.1, 0.15) is 120 Å². The van der Waals surface area contributed by atoms with Gasteiger partial charge in [-0.05, 0) is 18.6 Å². The van der Waals surface area contributed by atoms with Crippen molar-refractivity contribution < 1.29 is 34.1 Å². The predicted molar refractivity (Wildman–Crippen MR) is 150 cm³/mol. The zero-order chi connectivity index (χ0) is 28.0. The van der Waals surface area contributed by atoms with Crippen LogP contribution in [0.15, 0.2) is 18.2 Å². The molecule has 0 spiro atoms. The second kappa shape index (κ2) is 21.2. The lowest BCUT2D eigenvalue weighted by atomic mass is 10.0. The molecule has 0 aromatic heterocycles. The van der Waals surface area contributed by atoms with Gasteiger partial charge in [0.15, 0.2) is 0 Å². The van der Waals surface area contributed by atoms with Gasteiger partial charge in [-0.15, -0.1) is 0 Å². The Bertz CT molecular complexity index is 796. The molecule has 0 heterocycles. The van der Waals surface area contributed by atoms with Crippen LogP contribution in [-0.2, 0) is 14.3 Å². The second-order valence-corrected chi connectivity index (χ2v) is 10.0. The Morgan fingerprint density at radius 2 is 1.13 bits per heavy atom. The summed E-state index contributed by atoms with van der Waals surface area (Å²) in [5.41, 5.74) is 0.451. The molecule has 1 aromatic carbocycles. The summed E-state index contributed by atoms with van der Waals surface area (Å²) in [4.78, 5) is 35.7. The summed E-state index contributed by atoms with van der Waals surface area (Å²) in [5, 5.41) is 18.3. The normalized spacial score (nSPS) is 10.8. The lowest BCUT2D eigenvalue weighted by molar-refractivity contribution is -0.136. The van der Waals surface area contributed by atoms with Gasteiger partial charge in [-0.3, -0.25) is 9.59 Å². The van der Waals surface area contributed by atoms with E-state index in [9.17, 15) is 14.4 Å². The van der Waals surface area contributed by atoms with Crippen molar-refractivity contribution in [1.82, 2.24) is 0 Å². The van der Waals surface area contributed by atoms with Crippen molar-refractivity contribution >= 4 is 23.6 Å². The molecule has 0 radical (unpaired) electrons. The molecular weight excluding hydrogens is 486 g/mol. The monoisotopic (exact) mass is 535 g/mol. The molecule has 0 amide bonds. The molecule has 0 saturated heterocycles. The van der Waals surface area contributed by atoms with E-state index >= 15 is 0 Å². The minimum Gasteiger partial charge on any atom is -0.493 e. The Hall–Kier alpha value is -2.77. The third kappa shape index (κ3) is 16.2. The van der Waals surface area contributed by atoms with Gasteiger partial charge in [-0.1, -0.05) is 103 Å². The summed E-state index contributed by atoms with van der Waals surface area (Å²) in [6.45, 7) is 1.68. The van der Waals surface area contributed by atoms with Crippen molar-refractivity contribution in [2.24, 2.45) is 0 Å². The third-order valence-electron chi connectivity index (χ3n) is 6.60. The summed E-state index contributed by atoms with van der Waals surface area (Å²) in [6.07, 6.45) is 20.6. The zero-order valence-electron chi connectivity index (χ0n) is 23.5. The van der Waals surface area contributed by atoms with Gasteiger partial charge in [0.05, 0.1) is 19.3 Å². The number of benzene rings is 1. The van der Waals surface area contributed by atoms with E-state index in [0.29, 0.717) is 12.4 Å². The number of nitrogens with zero attached hydrogens (tertiary/aromatic N) is 1. The maximum atomic E-state index is 12.1. The molecule has 0 aliphatic carbocycles. The number of hydrogen-bond acceptors (Lipinski definition) is 6. The highest BCUT2D eigenvalue weighted by molar-refractivity contribution is 5.91. The summed E-state index contributed by atoms with van der Waals surface area (Å²) < 4.78 is 10.6. The molecular formula is C30H49NO7. The van der Waals surface area contributed by atoms with Crippen LogP contribution >= 0.6 is 0 Å². The third-order valence-corrected chi connectivity index (χ3v) is 6.60. The van der Waals surface area contributed by atoms with Gasteiger partial charge in [0.25, 0.3) is 0 Å². The number of ether oxygens (including phenoxy) is 2. The maximum absolute atomic E-state index is 12.1. The second-order valence-electron chi connectivity index (χ2n) is 10.0. The highest BCUT2D eigenvalue weighted by Gasteiger charge is 2.18. The van der Waals surface area contributed by atoms with Gasteiger partial charge in [0.2, 0.25) is 0 Å². The van der Waals surface area contributed by atoms with E-state index in [1.54, 1.807) is 6.07 Å². The number of anilines is 1. The number of carboxylic acids is 2. The maximum Gasteiger partial charge on any atom is 0.338 e. The molecule has 38 heavy (non-hydrogen) atoms. The fourth-order valence-electron chi connectivity index (χ4n) is 4.49. The topological polar surface area (TPSA) is 113 Å². The van der Waals surface area contributed by atoms with Gasteiger partial charge >= 0.3 is 17.9 Å². The number of rotatable bonds is 24. The first kappa shape index (κ1) is 33.3. The van der Waals surface area contributed by atoms with Crippen LogP contribution < -0.4 is 9.64 Å². The average molecular weight is 536 g/mol. The molecule has 0 fully saturated rings. The predicted octanol–water partition coefficient (Wildman–Crippen LogP) is 7.09. The van der Waals surface area contributed by atoms with E-state index in [-0.39, 0.29) is 11.3 Å². The molecule has 0 aliphatic rings. The number of carbonyl (C=O) groups excluding carboxylic acids is 1. The van der Waals surface area contributed by atoms with E-state index in [1.807, 2.05) is 0 Å². The van der Waals surface area contributed by atoms with Crippen molar-refractivity contribution in [3.63, 3.8) is 0 Å². The van der Waals surface area contributed by atoms with Crippen molar-refractivity contribution in [3.05, 3.63) is 23.8 Å². The molecule has 8 heteroatoms. The van der Waals surface area contributed by atoms with Gasteiger partial charge in [-0.2, -0.15) is 0 Å². The molecule has 0 bridgehead atoms. The van der Waals surface area contributed by atoms with Crippen molar-refractivity contribution in [2.45, 2.75) is 110 Å².